The van der Waals surface area contributed by atoms with E-state index < -0.39 is 5.82 Å². The minimum atomic E-state index is -0.442. The molecular formula is C13H14ClFN2OS. The van der Waals surface area contributed by atoms with Gasteiger partial charge >= 0.3 is 0 Å². The van der Waals surface area contributed by atoms with Crippen molar-refractivity contribution in [3.8, 4) is 0 Å². The maximum Gasteiger partial charge on any atom is 0.178 e. The average molecular weight is 301 g/mol. The van der Waals surface area contributed by atoms with Gasteiger partial charge < -0.3 is 14.3 Å². The fraction of sp³-hybridized carbons (Fsp3) is 0.462. The molecule has 1 aliphatic rings. The summed E-state index contributed by atoms with van der Waals surface area (Å²) in [6, 6.07) is 2.99. The van der Waals surface area contributed by atoms with E-state index in [2.05, 4.69) is 4.98 Å². The summed E-state index contributed by atoms with van der Waals surface area (Å²) in [6.07, 6.45) is 3.21. The fourth-order valence-corrected chi connectivity index (χ4v) is 3.03. The van der Waals surface area contributed by atoms with Crippen molar-refractivity contribution in [3.63, 3.8) is 0 Å². The van der Waals surface area contributed by atoms with Gasteiger partial charge in [0.1, 0.15) is 5.82 Å². The Bertz CT molecular complexity index is 684. The highest BCUT2D eigenvalue weighted by atomic mass is 35.5. The minimum absolute atomic E-state index is 0.107. The Balaban J connectivity index is 2.10. The number of hydrogen-bond donors (Lipinski definition) is 1. The zero-order chi connectivity index (χ0) is 13.6. The van der Waals surface area contributed by atoms with Crippen LogP contribution in [0.5, 0.6) is 0 Å². The third-order valence-electron chi connectivity index (χ3n) is 3.96. The Morgan fingerprint density at radius 1 is 1.53 bits per heavy atom. The molecule has 0 saturated heterocycles. The summed E-state index contributed by atoms with van der Waals surface area (Å²) in [7, 11) is 1.73. The van der Waals surface area contributed by atoms with E-state index in [0.29, 0.717) is 16.8 Å². The van der Waals surface area contributed by atoms with Crippen LogP contribution in [0.3, 0.4) is 0 Å². The SMILES string of the molecule is COC1(Cn2c(=S)[nH]c3cc(F)c(Cl)cc32)CCC1. The van der Waals surface area contributed by atoms with Crippen LogP contribution >= 0.6 is 23.8 Å². The maximum absolute atomic E-state index is 13.5. The fourth-order valence-electron chi connectivity index (χ4n) is 2.59. The number of H-pyrrole nitrogens is 1. The first-order chi connectivity index (χ1) is 9.04. The largest absolute Gasteiger partial charge is 0.376 e. The quantitative estimate of drug-likeness (QED) is 0.866. The third kappa shape index (κ3) is 2.10. The first kappa shape index (κ1) is 13.1. The summed E-state index contributed by atoms with van der Waals surface area (Å²) < 4.78 is 21.6. The van der Waals surface area contributed by atoms with Gasteiger partial charge in [0, 0.05) is 13.2 Å². The van der Waals surface area contributed by atoms with Crippen LogP contribution in [-0.2, 0) is 11.3 Å². The van der Waals surface area contributed by atoms with Crippen LogP contribution in [0.15, 0.2) is 12.1 Å². The molecule has 0 aliphatic heterocycles. The molecule has 0 amide bonds. The smallest absolute Gasteiger partial charge is 0.178 e. The number of aromatic nitrogens is 2. The predicted octanol–water partition coefficient (Wildman–Crippen LogP) is 4.06. The molecule has 6 heteroatoms. The monoisotopic (exact) mass is 300 g/mol. The van der Waals surface area contributed by atoms with Crippen molar-refractivity contribution in [3.05, 3.63) is 27.7 Å². The van der Waals surface area contributed by atoms with E-state index in [1.165, 1.54) is 12.5 Å². The summed E-state index contributed by atoms with van der Waals surface area (Å²) in [5.74, 6) is -0.442. The standard InChI is InChI=1S/C13H14ClFN2OS/c1-18-13(3-2-4-13)7-17-11-5-8(14)9(15)6-10(11)16-12(17)19/h5-6H,2-4,7H2,1H3,(H,16,19). The Hall–Kier alpha value is -0.910. The summed E-state index contributed by atoms with van der Waals surface area (Å²) in [5.41, 5.74) is 1.34. The number of halogens is 2. The van der Waals surface area contributed by atoms with Crippen molar-refractivity contribution in [1.82, 2.24) is 9.55 Å². The van der Waals surface area contributed by atoms with Crippen LogP contribution in [0.4, 0.5) is 4.39 Å². The second kappa shape index (κ2) is 4.58. The Morgan fingerprint density at radius 2 is 2.26 bits per heavy atom. The lowest BCUT2D eigenvalue weighted by atomic mass is 9.80. The van der Waals surface area contributed by atoms with Gasteiger partial charge in [-0.3, -0.25) is 0 Å². The van der Waals surface area contributed by atoms with Crippen LogP contribution in [0.25, 0.3) is 11.0 Å². The van der Waals surface area contributed by atoms with E-state index in [9.17, 15) is 4.39 Å². The number of nitrogens with zero attached hydrogens (tertiary/aromatic N) is 1. The average Bonchev–Trinajstić information content (AvgIpc) is 2.61. The normalized spacial score (nSPS) is 17.6. The molecule has 3 rings (SSSR count). The highest BCUT2D eigenvalue weighted by Gasteiger charge is 2.37. The third-order valence-corrected chi connectivity index (χ3v) is 4.57. The van der Waals surface area contributed by atoms with E-state index in [4.69, 9.17) is 28.6 Å². The first-order valence-corrected chi connectivity index (χ1v) is 6.96. The van der Waals surface area contributed by atoms with Gasteiger partial charge in [-0.25, -0.2) is 4.39 Å². The molecule has 0 radical (unpaired) electrons. The molecule has 1 aromatic carbocycles. The zero-order valence-electron chi connectivity index (χ0n) is 10.5. The van der Waals surface area contributed by atoms with Gasteiger partial charge in [-0.05, 0) is 37.5 Å². The molecule has 102 valence electrons. The number of nitrogens with one attached hydrogen (secondary N) is 1. The van der Waals surface area contributed by atoms with E-state index in [0.717, 1.165) is 18.4 Å². The van der Waals surface area contributed by atoms with Gasteiger partial charge in [0.2, 0.25) is 0 Å². The van der Waals surface area contributed by atoms with E-state index in [-0.39, 0.29) is 10.6 Å². The summed E-state index contributed by atoms with van der Waals surface area (Å²) >= 11 is 11.2. The number of fused-ring (bicyclic) bond motifs is 1. The molecule has 2 aromatic rings. The van der Waals surface area contributed by atoms with Gasteiger partial charge in [-0.1, -0.05) is 11.6 Å². The molecule has 3 nitrogen and oxygen atoms in total. The molecule has 1 aliphatic carbocycles. The molecule has 0 bridgehead atoms. The van der Waals surface area contributed by atoms with Gasteiger partial charge in [-0.2, -0.15) is 0 Å². The highest BCUT2D eigenvalue weighted by molar-refractivity contribution is 7.71. The van der Waals surface area contributed by atoms with Crippen molar-refractivity contribution in [2.75, 3.05) is 7.11 Å². The second-order valence-corrected chi connectivity index (χ2v) is 5.83. The number of imidazole rings is 1. The Kier molecular flexibility index (Phi) is 3.15. The Labute approximate surface area is 120 Å². The van der Waals surface area contributed by atoms with Crippen LogP contribution in [0, 0.1) is 10.6 Å². The number of hydrogen-bond acceptors (Lipinski definition) is 2. The maximum atomic E-state index is 13.5. The van der Waals surface area contributed by atoms with E-state index in [1.807, 2.05) is 4.57 Å². The van der Waals surface area contributed by atoms with Crippen molar-refractivity contribution in [2.45, 2.75) is 31.4 Å². The molecule has 1 saturated carbocycles. The minimum Gasteiger partial charge on any atom is -0.376 e. The van der Waals surface area contributed by atoms with Crippen LogP contribution in [-0.4, -0.2) is 22.3 Å². The number of ether oxygens (including phenoxy) is 1. The van der Waals surface area contributed by atoms with E-state index >= 15 is 0 Å². The second-order valence-electron chi connectivity index (χ2n) is 5.04. The number of benzene rings is 1. The summed E-state index contributed by atoms with van der Waals surface area (Å²) in [4.78, 5) is 3.01. The molecule has 0 spiro atoms. The lowest BCUT2D eigenvalue weighted by molar-refractivity contribution is -0.0830. The topological polar surface area (TPSA) is 29.9 Å². The van der Waals surface area contributed by atoms with Gasteiger partial charge in [-0.15, -0.1) is 0 Å². The number of rotatable bonds is 3. The van der Waals surface area contributed by atoms with Gasteiger partial charge in [0.25, 0.3) is 0 Å². The lowest BCUT2D eigenvalue weighted by Gasteiger charge is -2.40. The van der Waals surface area contributed by atoms with Gasteiger partial charge in [0.15, 0.2) is 4.77 Å². The molecule has 19 heavy (non-hydrogen) atoms. The van der Waals surface area contributed by atoms with Crippen molar-refractivity contribution in [2.24, 2.45) is 0 Å². The molecule has 1 N–H and O–H groups in total. The summed E-state index contributed by atoms with van der Waals surface area (Å²) in [6.45, 7) is 0.671. The molecule has 1 fully saturated rings. The van der Waals surface area contributed by atoms with Crippen molar-refractivity contribution < 1.29 is 9.13 Å². The van der Waals surface area contributed by atoms with Crippen LogP contribution in [0.1, 0.15) is 19.3 Å². The molecule has 0 unspecified atom stereocenters. The van der Waals surface area contributed by atoms with E-state index in [1.54, 1.807) is 13.2 Å². The van der Waals surface area contributed by atoms with Crippen molar-refractivity contribution >= 4 is 34.9 Å². The van der Waals surface area contributed by atoms with Gasteiger partial charge in [0.05, 0.1) is 28.2 Å². The Morgan fingerprint density at radius 3 is 2.84 bits per heavy atom. The van der Waals surface area contributed by atoms with Crippen LogP contribution < -0.4 is 0 Å². The number of aromatic amines is 1. The summed E-state index contributed by atoms with van der Waals surface area (Å²) in [5, 5.41) is 0.107. The zero-order valence-corrected chi connectivity index (χ0v) is 12.1. The first-order valence-electron chi connectivity index (χ1n) is 6.17. The molecule has 1 heterocycles. The molecule has 0 atom stereocenters. The molecular weight excluding hydrogens is 287 g/mol. The number of methoxy groups -OCH3 is 1. The van der Waals surface area contributed by atoms with Crippen LogP contribution in [0.2, 0.25) is 5.02 Å². The van der Waals surface area contributed by atoms with Crippen molar-refractivity contribution in [1.29, 1.82) is 0 Å². The lowest BCUT2D eigenvalue weighted by Crippen LogP contribution is -2.43. The molecule has 1 aromatic heterocycles. The predicted molar refractivity (Wildman–Crippen MR) is 75.7 cm³/mol. The highest BCUT2D eigenvalue weighted by Crippen LogP contribution is 2.37.